The van der Waals surface area contributed by atoms with E-state index in [2.05, 4.69) is 10.2 Å². The number of aromatic nitrogens is 2. The molecular weight excluding hydrogens is 451 g/mol. The van der Waals surface area contributed by atoms with Crippen molar-refractivity contribution >= 4 is 29.5 Å². The van der Waals surface area contributed by atoms with E-state index in [1.54, 1.807) is 0 Å². The number of amides is 1. The fourth-order valence-electron chi connectivity index (χ4n) is 4.87. The molecule has 0 bridgehead atoms. The molecule has 33 heavy (non-hydrogen) atoms. The van der Waals surface area contributed by atoms with Gasteiger partial charge in [0.15, 0.2) is 0 Å². The number of aliphatic hydroxyl groups is 1. The van der Waals surface area contributed by atoms with Gasteiger partial charge in [0.2, 0.25) is 0 Å². The van der Waals surface area contributed by atoms with E-state index >= 15 is 0 Å². The number of carbonyl (C=O) groups excluding carboxylic acids is 1. The van der Waals surface area contributed by atoms with E-state index in [4.69, 9.17) is 4.74 Å². The molecule has 2 fully saturated rings. The number of benzene rings is 1. The van der Waals surface area contributed by atoms with Gasteiger partial charge in [0, 0.05) is 51.3 Å². The highest BCUT2D eigenvalue weighted by atomic mass is 35.5. The molecule has 2 aliphatic heterocycles. The molecular formula is C23H34ClFN4O4. The van der Waals surface area contributed by atoms with E-state index in [1.165, 1.54) is 22.8 Å². The minimum atomic E-state index is -0.666. The van der Waals surface area contributed by atoms with Crippen LogP contribution in [0, 0.1) is 11.7 Å². The van der Waals surface area contributed by atoms with Gasteiger partial charge in [-0.3, -0.25) is 4.57 Å². The highest BCUT2D eigenvalue weighted by Gasteiger charge is 2.33. The number of β-amino-alcohol motifs (C(OH)–C–C–N with tert-alkyl or cyclic N) is 1. The van der Waals surface area contributed by atoms with Gasteiger partial charge in [-0.15, -0.1) is 12.4 Å². The number of nitrogens with one attached hydrogen (secondary N) is 1. The third-order valence-electron chi connectivity index (χ3n) is 6.75. The van der Waals surface area contributed by atoms with Crippen LogP contribution in [0.5, 0.6) is 0 Å². The van der Waals surface area contributed by atoms with Crippen molar-refractivity contribution in [2.75, 3.05) is 39.4 Å². The molecule has 10 heteroatoms. The van der Waals surface area contributed by atoms with Crippen LogP contribution in [0.25, 0.3) is 11.0 Å². The minimum Gasteiger partial charge on any atom is -0.388 e. The summed E-state index contributed by atoms with van der Waals surface area (Å²) < 4.78 is 21.7. The number of ether oxygens (including phenoxy) is 1. The highest BCUT2D eigenvalue weighted by molar-refractivity contribution is 5.89. The summed E-state index contributed by atoms with van der Waals surface area (Å²) in [6, 6.07) is 3.39. The molecule has 2 aliphatic rings. The number of imidazole rings is 1. The Labute approximate surface area is 199 Å². The maximum absolute atomic E-state index is 13.8. The van der Waals surface area contributed by atoms with E-state index in [-0.39, 0.29) is 24.0 Å². The molecule has 1 amide bonds. The number of hydrogen-bond acceptors (Lipinski definition) is 5. The average Bonchev–Trinajstić information content (AvgIpc) is 3.04. The number of hydrogen-bond donors (Lipinski definition) is 2. The monoisotopic (exact) mass is 484 g/mol. The maximum atomic E-state index is 13.8. The number of fused-ring (bicyclic) bond motifs is 1. The van der Waals surface area contributed by atoms with Gasteiger partial charge >= 0.3 is 11.7 Å². The number of halogens is 2. The molecule has 2 saturated heterocycles. The van der Waals surface area contributed by atoms with Crippen LogP contribution in [0.2, 0.25) is 0 Å². The number of likely N-dealkylation sites (tertiary alicyclic amines) is 1. The van der Waals surface area contributed by atoms with Gasteiger partial charge in [-0.05, 0) is 57.8 Å². The summed E-state index contributed by atoms with van der Waals surface area (Å²) in [5, 5.41) is 13.6. The predicted molar refractivity (Wildman–Crippen MR) is 127 cm³/mol. The summed E-state index contributed by atoms with van der Waals surface area (Å²) in [5.74, 6) is -0.191. The third kappa shape index (κ3) is 5.59. The number of nitrogens with zero attached hydrogens (tertiary/aromatic N) is 3. The van der Waals surface area contributed by atoms with E-state index in [0.29, 0.717) is 50.6 Å². The lowest BCUT2D eigenvalue weighted by atomic mass is 9.91. The van der Waals surface area contributed by atoms with Gasteiger partial charge < -0.3 is 20.1 Å². The third-order valence-corrected chi connectivity index (χ3v) is 6.75. The van der Waals surface area contributed by atoms with E-state index in [9.17, 15) is 19.1 Å². The lowest BCUT2D eigenvalue weighted by molar-refractivity contribution is -0.0829. The zero-order valence-electron chi connectivity index (χ0n) is 19.3. The summed E-state index contributed by atoms with van der Waals surface area (Å²) in [6.45, 7) is 7.77. The SMILES string of the molecule is CC(C)n1c(=O)n(C(=O)NCC2CCN(CC3(O)CCOCC3)CC2)c2cc(F)ccc21.Cl. The Bertz CT molecular complexity index is 1020. The van der Waals surface area contributed by atoms with Gasteiger partial charge in [0.05, 0.1) is 16.6 Å². The zero-order valence-corrected chi connectivity index (χ0v) is 20.1. The maximum Gasteiger partial charge on any atom is 0.337 e. The molecule has 1 aromatic heterocycles. The first-order valence-electron chi connectivity index (χ1n) is 11.5. The molecule has 184 valence electrons. The Morgan fingerprint density at radius 3 is 2.55 bits per heavy atom. The van der Waals surface area contributed by atoms with Gasteiger partial charge in [-0.2, -0.15) is 0 Å². The predicted octanol–water partition coefficient (Wildman–Crippen LogP) is 2.76. The summed E-state index contributed by atoms with van der Waals surface area (Å²) in [5.41, 5.74) is -0.306. The van der Waals surface area contributed by atoms with Gasteiger partial charge in [0.25, 0.3) is 0 Å². The second-order valence-electron chi connectivity index (χ2n) is 9.46. The highest BCUT2D eigenvalue weighted by Crippen LogP contribution is 2.25. The Morgan fingerprint density at radius 2 is 1.91 bits per heavy atom. The summed E-state index contributed by atoms with van der Waals surface area (Å²) >= 11 is 0. The summed E-state index contributed by atoms with van der Waals surface area (Å²) in [7, 11) is 0. The number of carbonyl (C=O) groups is 1. The van der Waals surface area contributed by atoms with Gasteiger partial charge in [-0.25, -0.2) is 18.5 Å². The zero-order chi connectivity index (χ0) is 22.9. The molecule has 0 saturated carbocycles. The van der Waals surface area contributed by atoms with Crippen molar-refractivity contribution in [2.45, 2.75) is 51.2 Å². The molecule has 4 rings (SSSR count). The molecule has 0 spiro atoms. The van der Waals surface area contributed by atoms with Crippen LogP contribution in [-0.4, -0.2) is 70.2 Å². The normalized spacial score (nSPS) is 19.5. The van der Waals surface area contributed by atoms with Crippen molar-refractivity contribution in [3.05, 3.63) is 34.5 Å². The van der Waals surface area contributed by atoms with Crippen molar-refractivity contribution in [3.63, 3.8) is 0 Å². The summed E-state index contributed by atoms with van der Waals surface area (Å²) in [4.78, 5) is 28.1. The second-order valence-corrected chi connectivity index (χ2v) is 9.46. The van der Waals surface area contributed by atoms with Crippen LogP contribution in [0.4, 0.5) is 9.18 Å². The first-order valence-corrected chi connectivity index (χ1v) is 11.5. The molecule has 0 unspecified atom stereocenters. The van der Waals surface area contributed by atoms with Crippen molar-refractivity contribution in [1.29, 1.82) is 0 Å². The van der Waals surface area contributed by atoms with Crippen LogP contribution in [-0.2, 0) is 4.74 Å². The minimum absolute atomic E-state index is 0. The Morgan fingerprint density at radius 1 is 1.24 bits per heavy atom. The molecule has 0 aliphatic carbocycles. The smallest absolute Gasteiger partial charge is 0.337 e. The quantitative estimate of drug-likeness (QED) is 0.681. The van der Waals surface area contributed by atoms with E-state index < -0.39 is 23.1 Å². The molecule has 3 heterocycles. The average molecular weight is 485 g/mol. The van der Waals surface area contributed by atoms with Crippen molar-refractivity contribution in [2.24, 2.45) is 5.92 Å². The first-order chi connectivity index (χ1) is 15.3. The molecule has 8 nitrogen and oxygen atoms in total. The number of rotatable bonds is 5. The Hall–Kier alpha value is -1.94. The van der Waals surface area contributed by atoms with Crippen molar-refractivity contribution in [3.8, 4) is 0 Å². The largest absolute Gasteiger partial charge is 0.388 e. The van der Waals surface area contributed by atoms with E-state index in [1.807, 2.05) is 13.8 Å². The van der Waals surface area contributed by atoms with Crippen LogP contribution in [0.3, 0.4) is 0 Å². The lowest BCUT2D eigenvalue weighted by Crippen LogP contribution is -2.49. The topological polar surface area (TPSA) is 88.7 Å². The first kappa shape index (κ1) is 25.7. The lowest BCUT2D eigenvalue weighted by Gasteiger charge is -2.39. The standard InChI is InChI=1S/C23H33FN4O4.ClH/c1-16(2)27-19-4-3-18(24)13-20(19)28(22(27)30)21(29)25-14-17-5-9-26(10-6-17)15-23(31)7-11-32-12-8-23;/h3-4,13,16-17,31H,5-12,14-15H2,1-2H3,(H,25,29);1H. The Kier molecular flexibility index (Phi) is 8.21. The van der Waals surface area contributed by atoms with Crippen LogP contribution in [0.1, 0.15) is 45.6 Å². The van der Waals surface area contributed by atoms with Gasteiger partial charge in [-0.1, -0.05) is 0 Å². The molecule has 0 atom stereocenters. The Balaban J connectivity index is 0.00000306. The van der Waals surface area contributed by atoms with Crippen LogP contribution >= 0.6 is 12.4 Å². The number of piperidine rings is 1. The fraction of sp³-hybridized carbons (Fsp3) is 0.652. The summed E-state index contributed by atoms with van der Waals surface area (Å²) in [6.07, 6.45) is 3.15. The van der Waals surface area contributed by atoms with Crippen LogP contribution in [0.15, 0.2) is 23.0 Å². The van der Waals surface area contributed by atoms with E-state index in [0.717, 1.165) is 30.5 Å². The molecule has 2 aromatic rings. The fourth-order valence-corrected chi connectivity index (χ4v) is 4.87. The van der Waals surface area contributed by atoms with Gasteiger partial charge in [0.1, 0.15) is 5.82 Å². The second kappa shape index (κ2) is 10.5. The molecule has 2 N–H and O–H groups in total. The van der Waals surface area contributed by atoms with Crippen LogP contribution < -0.4 is 11.0 Å². The molecule has 0 radical (unpaired) electrons. The van der Waals surface area contributed by atoms with Crippen molar-refractivity contribution < 1.29 is 19.0 Å². The van der Waals surface area contributed by atoms with Crippen molar-refractivity contribution in [1.82, 2.24) is 19.4 Å². The molecule has 1 aromatic carbocycles.